The Labute approximate surface area is 196 Å². The fourth-order valence-electron chi connectivity index (χ4n) is 4.14. The monoisotopic (exact) mass is 489 g/mol. The second-order valence-electron chi connectivity index (χ2n) is 7.95. The van der Waals surface area contributed by atoms with Crippen LogP contribution < -0.4 is 4.90 Å². The quantitative estimate of drug-likeness (QED) is 0.449. The molecule has 0 aliphatic carbocycles. The first-order valence-corrected chi connectivity index (χ1v) is 12.3. The number of imide groups is 1. The second-order valence-corrected chi connectivity index (χ2v) is 9.89. The number of carbonyl (C=O) groups excluding carboxylic acids is 3. The van der Waals surface area contributed by atoms with Crippen LogP contribution in [0, 0.1) is 5.82 Å². The Bertz CT molecular complexity index is 1190. The van der Waals surface area contributed by atoms with Crippen molar-refractivity contribution in [3.63, 3.8) is 0 Å². The van der Waals surface area contributed by atoms with E-state index in [0.29, 0.717) is 5.69 Å². The summed E-state index contributed by atoms with van der Waals surface area (Å²) >= 11 is 0. The highest BCUT2D eigenvalue weighted by molar-refractivity contribution is 7.89. The lowest BCUT2D eigenvalue weighted by molar-refractivity contribution is -0.123. The molecule has 2 amide bonds. The van der Waals surface area contributed by atoms with Gasteiger partial charge in [0.1, 0.15) is 5.82 Å². The van der Waals surface area contributed by atoms with Crippen LogP contribution in [-0.2, 0) is 24.3 Å². The van der Waals surface area contributed by atoms with Gasteiger partial charge in [0.2, 0.25) is 15.9 Å². The van der Waals surface area contributed by atoms with E-state index in [1.807, 2.05) is 0 Å². The zero-order valence-corrected chi connectivity index (χ0v) is 19.3. The molecule has 2 fully saturated rings. The van der Waals surface area contributed by atoms with E-state index in [1.54, 1.807) is 11.8 Å². The summed E-state index contributed by atoms with van der Waals surface area (Å²) in [7, 11) is -3.79. The standard InChI is InChI=1S/C23H24FN3O6S/c1-2-33-23(30)16-3-9-19(10-4-16)34(31,32)26-13-11-25(12-14-26)20-15-21(28)27(22(20)29)18-7-5-17(24)6-8-18/h3-10,20H,2,11-15H2,1H3/t20-/m1/s1. The van der Waals surface area contributed by atoms with Gasteiger partial charge in [-0.15, -0.1) is 0 Å². The molecule has 0 aromatic heterocycles. The minimum atomic E-state index is -3.79. The molecule has 11 heteroatoms. The maximum atomic E-state index is 13.2. The van der Waals surface area contributed by atoms with Crippen molar-refractivity contribution in [1.82, 2.24) is 9.21 Å². The molecule has 0 radical (unpaired) electrons. The summed E-state index contributed by atoms with van der Waals surface area (Å²) in [5, 5.41) is 0. The van der Waals surface area contributed by atoms with Crippen LogP contribution in [0.15, 0.2) is 53.4 Å². The van der Waals surface area contributed by atoms with Crippen LogP contribution in [-0.4, -0.2) is 74.2 Å². The van der Waals surface area contributed by atoms with Crippen molar-refractivity contribution in [3.8, 4) is 0 Å². The van der Waals surface area contributed by atoms with Crippen LogP contribution in [0.2, 0.25) is 0 Å². The van der Waals surface area contributed by atoms with Gasteiger partial charge in [0, 0.05) is 26.2 Å². The summed E-state index contributed by atoms with van der Waals surface area (Å²) in [4.78, 5) is 40.1. The van der Waals surface area contributed by atoms with E-state index in [4.69, 9.17) is 4.74 Å². The van der Waals surface area contributed by atoms with Gasteiger partial charge in [-0.1, -0.05) is 0 Å². The van der Waals surface area contributed by atoms with E-state index < -0.39 is 33.8 Å². The number of hydrogen-bond acceptors (Lipinski definition) is 7. The van der Waals surface area contributed by atoms with Gasteiger partial charge in [0.05, 0.1) is 35.2 Å². The molecule has 2 aromatic carbocycles. The van der Waals surface area contributed by atoms with Crippen molar-refractivity contribution < 1.29 is 31.9 Å². The van der Waals surface area contributed by atoms with Crippen LogP contribution >= 0.6 is 0 Å². The van der Waals surface area contributed by atoms with Crippen molar-refractivity contribution in [2.75, 3.05) is 37.7 Å². The number of rotatable bonds is 6. The van der Waals surface area contributed by atoms with E-state index in [9.17, 15) is 27.2 Å². The molecule has 4 rings (SSSR count). The van der Waals surface area contributed by atoms with E-state index in [0.717, 1.165) is 4.90 Å². The number of benzene rings is 2. The van der Waals surface area contributed by atoms with Crippen LogP contribution in [0.1, 0.15) is 23.7 Å². The smallest absolute Gasteiger partial charge is 0.338 e. The average molecular weight is 490 g/mol. The molecule has 2 aliphatic heterocycles. The third-order valence-corrected chi connectivity index (χ3v) is 7.84. The van der Waals surface area contributed by atoms with Gasteiger partial charge in [-0.2, -0.15) is 4.31 Å². The number of ether oxygens (including phenoxy) is 1. The number of hydrogen-bond donors (Lipinski definition) is 0. The zero-order chi connectivity index (χ0) is 24.5. The number of nitrogens with zero attached hydrogens (tertiary/aromatic N) is 3. The molecule has 2 heterocycles. The van der Waals surface area contributed by atoms with Gasteiger partial charge in [-0.05, 0) is 55.5 Å². The summed E-state index contributed by atoms with van der Waals surface area (Å²) in [5.74, 6) is -1.77. The molecule has 2 aromatic rings. The predicted molar refractivity (Wildman–Crippen MR) is 120 cm³/mol. The molecular formula is C23H24FN3O6S. The molecule has 0 unspecified atom stereocenters. The lowest BCUT2D eigenvalue weighted by Crippen LogP contribution is -2.53. The Balaban J connectivity index is 1.41. The number of anilines is 1. The van der Waals surface area contributed by atoms with Crippen LogP contribution in [0.5, 0.6) is 0 Å². The Morgan fingerprint density at radius 2 is 1.62 bits per heavy atom. The first kappa shape index (κ1) is 24.0. The predicted octanol–water partition coefficient (Wildman–Crippen LogP) is 1.64. The minimum Gasteiger partial charge on any atom is -0.462 e. The van der Waals surface area contributed by atoms with Crippen LogP contribution in [0.4, 0.5) is 10.1 Å². The molecule has 0 N–H and O–H groups in total. The maximum absolute atomic E-state index is 13.2. The van der Waals surface area contributed by atoms with Gasteiger partial charge in [0.15, 0.2) is 0 Å². The zero-order valence-electron chi connectivity index (χ0n) is 18.5. The van der Waals surface area contributed by atoms with Crippen LogP contribution in [0.3, 0.4) is 0 Å². The normalized spacial score (nSPS) is 20.1. The lowest BCUT2D eigenvalue weighted by Gasteiger charge is -2.36. The first-order chi connectivity index (χ1) is 16.2. The summed E-state index contributed by atoms with van der Waals surface area (Å²) in [6.45, 7) is 2.76. The largest absolute Gasteiger partial charge is 0.462 e. The van der Waals surface area contributed by atoms with Crippen LogP contribution in [0.25, 0.3) is 0 Å². The lowest BCUT2D eigenvalue weighted by atomic mass is 10.2. The number of carbonyl (C=O) groups is 3. The first-order valence-electron chi connectivity index (χ1n) is 10.9. The summed E-state index contributed by atoms with van der Waals surface area (Å²) in [5.41, 5.74) is 0.576. The molecule has 34 heavy (non-hydrogen) atoms. The highest BCUT2D eigenvalue weighted by atomic mass is 32.2. The molecule has 0 bridgehead atoms. The summed E-state index contributed by atoms with van der Waals surface area (Å²) < 4.78 is 45.5. The Morgan fingerprint density at radius 3 is 2.21 bits per heavy atom. The van der Waals surface area contributed by atoms with Crippen molar-refractivity contribution in [2.24, 2.45) is 0 Å². The summed E-state index contributed by atoms with van der Waals surface area (Å²) in [6, 6.07) is 10.0. The highest BCUT2D eigenvalue weighted by Crippen LogP contribution is 2.27. The van der Waals surface area contributed by atoms with Gasteiger partial charge in [-0.3, -0.25) is 14.5 Å². The van der Waals surface area contributed by atoms with Gasteiger partial charge >= 0.3 is 5.97 Å². The number of piperazine rings is 1. The minimum absolute atomic E-state index is 0.0156. The molecule has 0 saturated carbocycles. The van der Waals surface area contributed by atoms with Gasteiger partial charge in [0.25, 0.3) is 5.91 Å². The van der Waals surface area contributed by atoms with Crippen molar-refractivity contribution in [1.29, 1.82) is 0 Å². The van der Waals surface area contributed by atoms with Gasteiger partial charge in [-0.25, -0.2) is 22.5 Å². The topological polar surface area (TPSA) is 104 Å². The second kappa shape index (κ2) is 9.61. The maximum Gasteiger partial charge on any atom is 0.338 e. The Kier molecular flexibility index (Phi) is 6.78. The van der Waals surface area contributed by atoms with Gasteiger partial charge < -0.3 is 4.74 Å². The molecule has 2 saturated heterocycles. The van der Waals surface area contributed by atoms with E-state index in [2.05, 4.69) is 0 Å². The summed E-state index contributed by atoms with van der Waals surface area (Å²) in [6.07, 6.45) is -0.0156. The van der Waals surface area contributed by atoms with Crippen molar-refractivity contribution in [2.45, 2.75) is 24.3 Å². The van der Waals surface area contributed by atoms with E-state index in [1.165, 1.54) is 52.8 Å². The Morgan fingerprint density at radius 1 is 1.00 bits per heavy atom. The molecule has 0 spiro atoms. The molecule has 1 atom stereocenters. The number of halogens is 1. The Hall–Kier alpha value is -3.15. The van der Waals surface area contributed by atoms with Crippen molar-refractivity contribution in [3.05, 3.63) is 59.9 Å². The molecular weight excluding hydrogens is 465 g/mol. The van der Waals surface area contributed by atoms with Crippen molar-refractivity contribution >= 4 is 33.5 Å². The van der Waals surface area contributed by atoms with E-state index in [-0.39, 0.29) is 55.6 Å². The fourth-order valence-corrected chi connectivity index (χ4v) is 5.57. The molecule has 9 nitrogen and oxygen atoms in total. The third kappa shape index (κ3) is 4.59. The van der Waals surface area contributed by atoms with E-state index >= 15 is 0 Å². The third-order valence-electron chi connectivity index (χ3n) is 5.92. The SMILES string of the molecule is CCOC(=O)c1ccc(S(=O)(=O)N2CCN([C@@H]3CC(=O)N(c4ccc(F)cc4)C3=O)CC2)cc1. The molecule has 2 aliphatic rings. The number of amides is 2. The fraction of sp³-hybridized carbons (Fsp3) is 0.348. The highest BCUT2D eigenvalue weighted by Gasteiger charge is 2.44. The number of sulfonamides is 1. The average Bonchev–Trinajstić information content (AvgIpc) is 3.13. The molecule has 180 valence electrons. The number of esters is 1.